The van der Waals surface area contributed by atoms with Crippen LogP contribution in [0.25, 0.3) is 0 Å². The summed E-state index contributed by atoms with van der Waals surface area (Å²) in [6, 6.07) is 0. The number of Topliss-reactive ketones (excluding diaryl/α,β-unsaturated/α-hetero) is 1. The minimum absolute atomic E-state index is 0.0153. The summed E-state index contributed by atoms with van der Waals surface area (Å²) in [6.45, 7) is 16.6. The molecule has 144 valence electrons. The lowest BCUT2D eigenvalue weighted by Crippen LogP contribution is -2.30. The second-order valence-corrected chi connectivity index (χ2v) is 7.96. The van der Waals surface area contributed by atoms with Crippen LogP contribution < -0.4 is 0 Å². The van der Waals surface area contributed by atoms with Crippen molar-refractivity contribution in [2.24, 2.45) is 17.8 Å². The van der Waals surface area contributed by atoms with Crippen LogP contribution >= 0.6 is 0 Å². The molecule has 0 bridgehead atoms. The number of ketones is 1. The van der Waals surface area contributed by atoms with Gasteiger partial charge >= 0.3 is 0 Å². The molecule has 0 aromatic carbocycles. The van der Waals surface area contributed by atoms with E-state index in [2.05, 4.69) is 83.7 Å². The van der Waals surface area contributed by atoms with Gasteiger partial charge in [-0.15, -0.1) is 0 Å². The van der Waals surface area contributed by atoms with Gasteiger partial charge in [0.2, 0.25) is 5.78 Å². The van der Waals surface area contributed by atoms with Gasteiger partial charge in [0, 0.05) is 5.92 Å². The third kappa shape index (κ3) is 7.19. The molecule has 1 aliphatic heterocycles. The van der Waals surface area contributed by atoms with Crippen LogP contribution in [0.3, 0.4) is 0 Å². The largest absolute Gasteiger partial charge is 0.483 e. The predicted molar refractivity (Wildman–Crippen MR) is 112 cm³/mol. The first kappa shape index (κ1) is 22.2. The molecule has 0 amide bonds. The summed E-state index contributed by atoms with van der Waals surface area (Å²) in [5.74, 6) is 1.59. The first-order valence-electron chi connectivity index (χ1n) is 9.78. The zero-order valence-electron chi connectivity index (χ0n) is 17.4. The highest BCUT2D eigenvalue weighted by Gasteiger charge is 2.42. The van der Waals surface area contributed by atoms with E-state index in [1.54, 1.807) is 0 Å². The van der Waals surface area contributed by atoms with E-state index in [1.807, 2.05) is 6.92 Å². The summed E-state index contributed by atoms with van der Waals surface area (Å²) in [4.78, 5) is 11.7. The summed E-state index contributed by atoms with van der Waals surface area (Å²) in [7, 11) is 0. The van der Waals surface area contributed by atoms with E-state index in [9.17, 15) is 4.79 Å². The van der Waals surface area contributed by atoms with Crippen LogP contribution in [0.5, 0.6) is 0 Å². The van der Waals surface area contributed by atoms with Crippen molar-refractivity contribution in [3.8, 4) is 0 Å². The van der Waals surface area contributed by atoms with Crippen LogP contribution in [0.15, 0.2) is 60.4 Å². The molecule has 0 N–H and O–H groups in total. The molecule has 0 radical (unpaired) electrons. The maximum absolute atomic E-state index is 11.7. The summed E-state index contributed by atoms with van der Waals surface area (Å²) < 4.78 is 5.68. The van der Waals surface area contributed by atoms with E-state index < -0.39 is 5.60 Å². The number of rotatable bonds is 9. The zero-order chi connectivity index (χ0) is 19.7. The molecule has 26 heavy (non-hydrogen) atoms. The van der Waals surface area contributed by atoms with E-state index in [4.69, 9.17) is 4.74 Å². The second-order valence-electron chi connectivity index (χ2n) is 7.96. The standard InChI is InChI=1S/C24H36O2/c1-8-18(2)13-11-14-20(4)16-19(3)12-9-10-15-21(5)24(7)17-23(25)22(6)26-24/h9-15,18-19,21H,6,8,16-17H2,1-5,7H3/b12-9+,13-11+,15-10+,20-14+. The Labute approximate surface area is 160 Å². The highest BCUT2D eigenvalue weighted by Crippen LogP contribution is 2.36. The summed E-state index contributed by atoms with van der Waals surface area (Å²) in [5, 5.41) is 0. The van der Waals surface area contributed by atoms with Crippen molar-refractivity contribution in [3.05, 3.63) is 60.4 Å². The van der Waals surface area contributed by atoms with Crippen LogP contribution in [0.4, 0.5) is 0 Å². The van der Waals surface area contributed by atoms with Crippen molar-refractivity contribution in [3.63, 3.8) is 0 Å². The van der Waals surface area contributed by atoms with Crippen molar-refractivity contribution >= 4 is 5.78 Å². The molecule has 1 rings (SSSR count). The topological polar surface area (TPSA) is 26.3 Å². The second kappa shape index (κ2) is 10.4. The Morgan fingerprint density at radius 1 is 1.15 bits per heavy atom. The molecule has 1 fully saturated rings. The maximum atomic E-state index is 11.7. The van der Waals surface area contributed by atoms with Crippen LogP contribution in [-0.2, 0) is 9.53 Å². The smallest absolute Gasteiger partial charge is 0.200 e. The highest BCUT2D eigenvalue weighted by atomic mass is 16.5. The average Bonchev–Trinajstić information content (AvgIpc) is 2.84. The fraction of sp³-hybridized carbons (Fsp3) is 0.542. The van der Waals surface area contributed by atoms with E-state index >= 15 is 0 Å². The number of allylic oxidation sites excluding steroid dienone is 8. The molecule has 0 aliphatic carbocycles. The van der Waals surface area contributed by atoms with Gasteiger partial charge in [0.25, 0.3) is 0 Å². The van der Waals surface area contributed by atoms with Crippen LogP contribution in [0.1, 0.15) is 60.8 Å². The number of carbonyl (C=O) groups is 1. The maximum Gasteiger partial charge on any atom is 0.200 e. The van der Waals surface area contributed by atoms with Crippen molar-refractivity contribution in [2.75, 3.05) is 0 Å². The predicted octanol–water partition coefficient (Wildman–Crippen LogP) is 6.57. The molecular formula is C24H36O2. The van der Waals surface area contributed by atoms with Crippen LogP contribution in [-0.4, -0.2) is 11.4 Å². The SMILES string of the molecule is C=C1OC(C)(C(C)/C=C/C=C/C(C)C/C(C)=C/C=C/C(C)CC)CC1=O. The number of carbonyl (C=O) groups excluding carboxylic acids is 1. The average molecular weight is 357 g/mol. The lowest BCUT2D eigenvalue weighted by atomic mass is 9.87. The lowest BCUT2D eigenvalue weighted by molar-refractivity contribution is -0.115. The molecule has 1 aliphatic rings. The molecule has 1 heterocycles. The fourth-order valence-electron chi connectivity index (χ4n) is 2.92. The van der Waals surface area contributed by atoms with E-state index in [-0.39, 0.29) is 11.7 Å². The minimum Gasteiger partial charge on any atom is -0.483 e. The molecule has 4 atom stereocenters. The fourth-order valence-corrected chi connectivity index (χ4v) is 2.92. The molecule has 0 saturated carbocycles. The van der Waals surface area contributed by atoms with Gasteiger partial charge in [-0.2, -0.15) is 0 Å². The zero-order valence-corrected chi connectivity index (χ0v) is 17.4. The van der Waals surface area contributed by atoms with Crippen molar-refractivity contribution in [2.45, 2.75) is 66.4 Å². The Balaban J connectivity index is 2.48. The van der Waals surface area contributed by atoms with E-state index in [0.717, 1.165) is 6.42 Å². The molecule has 1 saturated heterocycles. The summed E-state index contributed by atoms with van der Waals surface area (Å²) >= 11 is 0. The molecular weight excluding hydrogens is 320 g/mol. The van der Waals surface area contributed by atoms with Gasteiger partial charge < -0.3 is 4.74 Å². The molecule has 0 aromatic rings. The molecule has 0 aromatic heterocycles. The number of hydrogen-bond acceptors (Lipinski definition) is 2. The minimum atomic E-state index is -0.467. The van der Waals surface area contributed by atoms with E-state index in [0.29, 0.717) is 24.0 Å². The summed E-state index contributed by atoms with van der Waals surface area (Å²) in [6.07, 6.45) is 17.8. The van der Waals surface area contributed by atoms with Crippen LogP contribution in [0, 0.1) is 17.8 Å². The first-order chi connectivity index (χ1) is 12.2. The van der Waals surface area contributed by atoms with Gasteiger partial charge in [0.1, 0.15) is 5.60 Å². The van der Waals surface area contributed by atoms with Crippen molar-refractivity contribution < 1.29 is 9.53 Å². The van der Waals surface area contributed by atoms with Crippen molar-refractivity contribution in [1.29, 1.82) is 0 Å². The van der Waals surface area contributed by atoms with Gasteiger partial charge in [-0.25, -0.2) is 0 Å². The highest BCUT2D eigenvalue weighted by molar-refractivity contribution is 5.95. The Bertz CT molecular complexity index is 588. The third-order valence-corrected chi connectivity index (χ3v) is 5.20. The molecule has 4 unspecified atom stereocenters. The Kier molecular flexibility index (Phi) is 8.84. The van der Waals surface area contributed by atoms with Gasteiger partial charge in [0.05, 0.1) is 6.42 Å². The third-order valence-electron chi connectivity index (χ3n) is 5.20. The molecule has 0 spiro atoms. The summed E-state index contributed by atoms with van der Waals surface area (Å²) in [5.41, 5.74) is 0.925. The quantitative estimate of drug-likeness (QED) is 0.345. The number of ether oxygens (including phenoxy) is 1. The van der Waals surface area contributed by atoms with Gasteiger partial charge in [0.15, 0.2) is 5.76 Å². The van der Waals surface area contributed by atoms with Gasteiger partial charge in [-0.1, -0.05) is 88.8 Å². The van der Waals surface area contributed by atoms with Crippen LogP contribution in [0.2, 0.25) is 0 Å². The van der Waals surface area contributed by atoms with Gasteiger partial charge in [-0.3, -0.25) is 4.79 Å². The Morgan fingerprint density at radius 3 is 2.35 bits per heavy atom. The molecule has 2 nitrogen and oxygen atoms in total. The normalized spacial score (nSPS) is 25.4. The Morgan fingerprint density at radius 2 is 1.77 bits per heavy atom. The van der Waals surface area contributed by atoms with Gasteiger partial charge in [-0.05, 0) is 32.1 Å². The monoisotopic (exact) mass is 356 g/mol. The first-order valence-corrected chi connectivity index (χ1v) is 9.78. The van der Waals surface area contributed by atoms with Crippen molar-refractivity contribution in [1.82, 2.24) is 0 Å². The Hall–Kier alpha value is -1.83. The number of hydrogen-bond donors (Lipinski definition) is 0. The molecule has 2 heteroatoms. The lowest BCUT2D eigenvalue weighted by Gasteiger charge is -2.27. The van der Waals surface area contributed by atoms with E-state index in [1.165, 1.54) is 12.0 Å².